The number of fused-ring (bicyclic) bond motifs is 2. The molecule has 31 heavy (non-hydrogen) atoms. The van der Waals surface area contributed by atoms with E-state index in [4.69, 9.17) is 0 Å². The van der Waals surface area contributed by atoms with E-state index in [9.17, 15) is 31.1 Å². The van der Waals surface area contributed by atoms with Crippen LogP contribution in [-0.2, 0) is 12.4 Å². The SMILES string of the molecule is C[C@@H](NC(=O)c1cnn(-c2ccc(C(F)(F)F)cn2)c1C(F)(F)F)[C@@H]1C[C@H]2CC[C@H]1C2. The zero-order chi connectivity index (χ0) is 22.6. The maximum absolute atomic E-state index is 13.8. The molecule has 5 nitrogen and oxygen atoms in total. The first-order valence-corrected chi connectivity index (χ1v) is 9.95. The first-order valence-electron chi connectivity index (χ1n) is 9.95. The molecule has 2 saturated carbocycles. The van der Waals surface area contributed by atoms with Crippen LogP contribution in [0.2, 0.25) is 0 Å². The highest BCUT2D eigenvalue weighted by molar-refractivity contribution is 5.95. The van der Waals surface area contributed by atoms with Gasteiger partial charge in [-0.3, -0.25) is 4.79 Å². The number of hydrogen-bond acceptors (Lipinski definition) is 3. The Kier molecular flexibility index (Phi) is 5.25. The van der Waals surface area contributed by atoms with Crippen LogP contribution in [0.3, 0.4) is 0 Å². The summed E-state index contributed by atoms with van der Waals surface area (Å²) in [6.45, 7) is 1.79. The molecular formula is C20H20F6N4O. The number of carbonyl (C=O) groups is 1. The van der Waals surface area contributed by atoms with Crippen molar-refractivity contribution in [1.29, 1.82) is 0 Å². The molecular weight excluding hydrogens is 426 g/mol. The number of rotatable bonds is 4. The van der Waals surface area contributed by atoms with E-state index in [1.165, 1.54) is 0 Å². The zero-order valence-electron chi connectivity index (χ0n) is 16.5. The zero-order valence-corrected chi connectivity index (χ0v) is 16.5. The fourth-order valence-electron chi connectivity index (χ4n) is 4.94. The van der Waals surface area contributed by atoms with Crippen LogP contribution >= 0.6 is 0 Å². The van der Waals surface area contributed by atoms with Crippen molar-refractivity contribution in [2.45, 2.75) is 51.0 Å². The summed E-state index contributed by atoms with van der Waals surface area (Å²) in [7, 11) is 0. The van der Waals surface area contributed by atoms with Gasteiger partial charge < -0.3 is 5.32 Å². The molecule has 2 aromatic heterocycles. The highest BCUT2D eigenvalue weighted by Crippen LogP contribution is 2.49. The summed E-state index contributed by atoms with van der Waals surface area (Å²) >= 11 is 0. The van der Waals surface area contributed by atoms with Crippen molar-refractivity contribution < 1.29 is 31.1 Å². The van der Waals surface area contributed by atoms with E-state index in [1.54, 1.807) is 6.92 Å². The van der Waals surface area contributed by atoms with Crippen LogP contribution in [-0.4, -0.2) is 26.7 Å². The number of nitrogens with one attached hydrogen (secondary N) is 1. The third kappa shape index (κ3) is 4.14. The maximum Gasteiger partial charge on any atom is 0.434 e. The smallest absolute Gasteiger partial charge is 0.349 e. The minimum absolute atomic E-state index is 0.226. The predicted molar refractivity (Wildman–Crippen MR) is 97.2 cm³/mol. The summed E-state index contributed by atoms with van der Waals surface area (Å²) < 4.78 is 79.8. The van der Waals surface area contributed by atoms with E-state index in [2.05, 4.69) is 15.4 Å². The molecule has 168 valence electrons. The molecule has 2 aliphatic rings. The number of nitrogens with zero attached hydrogens (tertiary/aromatic N) is 3. The molecule has 0 radical (unpaired) electrons. The molecule has 2 aromatic rings. The topological polar surface area (TPSA) is 59.8 Å². The lowest BCUT2D eigenvalue weighted by molar-refractivity contribution is -0.143. The van der Waals surface area contributed by atoms with Gasteiger partial charge in [0, 0.05) is 12.2 Å². The Bertz CT molecular complexity index is 966. The van der Waals surface area contributed by atoms with Gasteiger partial charge in [-0.25, -0.2) is 9.67 Å². The molecule has 4 rings (SSSR count). The molecule has 0 aliphatic heterocycles. The van der Waals surface area contributed by atoms with Crippen molar-refractivity contribution in [3.63, 3.8) is 0 Å². The van der Waals surface area contributed by atoms with Crippen molar-refractivity contribution in [3.8, 4) is 5.82 Å². The average molecular weight is 446 g/mol. The Hall–Kier alpha value is -2.59. The second kappa shape index (κ2) is 7.52. The van der Waals surface area contributed by atoms with Gasteiger partial charge in [0.2, 0.25) is 0 Å². The highest BCUT2D eigenvalue weighted by Gasteiger charge is 2.44. The Balaban J connectivity index is 1.60. The van der Waals surface area contributed by atoms with E-state index >= 15 is 0 Å². The summed E-state index contributed by atoms with van der Waals surface area (Å²) in [5, 5.41) is 6.27. The number of carbonyl (C=O) groups excluding carboxylic acids is 1. The van der Waals surface area contributed by atoms with Gasteiger partial charge >= 0.3 is 12.4 Å². The minimum Gasteiger partial charge on any atom is -0.349 e. The lowest BCUT2D eigenvalue weighted by Gasteiger charge is -2.28. The molecule has 0 aromatic carbocycles. The lowest BCUT2D eigenvalue weighted by Crippen LogP contribution is -2.40. The normalized spacial score (nSPS) is 24.4. The van der Waals surface area contributed by atoms with Gasteiger partial charge in [-0.1, -0.05) is 6.42 Å². The summed E-state index contributed by atoms with van der Waals surface area (Å²) in [4.78, 5) is 16.1. The third-order valence-corrected chi connectivity index (χ3v) is 6.37. The Morgan fingerprint density at radius 3 is 2.35 bits per heavy atom. The summed E-state index contributed by atoms with van der Waals surface area (Å²) in [5.41, 5.74) is -3.17. The van der Waals surface area contributed by atoms with Gasteiger partial charge in [0.1, 0.15) is 0 Å². The standard InChI is InChI=1S/C20H20F6N4O/c1-10(14-7-11-2-3-12(14)6-11)29-18(31)15-9-28-30(17(15)20(24,25)26)16-5-4-13(8-27-16)19(21,22)23/h4-5,8-12,14H,2-3,6-7H2,1H3,(H,29,31)/t10-,11+,12+,14+/m1/s1. The van der Waals surface area contributed by atoms with Crippen LogP contribution in [0.1, 0.15) is 54.2 Å². The molecule has 11 heteroatoms. The fraction of sp³-hybridized carbons (Fsp3) is 0.550. The third-order valence-electron chi connectivity index (χ3n) is 6.37. The van der Waals surface area contributed by atoms with E-state index in [0.717, 1.165) is 37.9 Å². The van der Waals surface area contributed by atoms with Crippen LogP contribution in [0.25, 0.3) is 5.82 Å². The van der Waals surface area contributed by atoms with Crippen LogP contribution in [0.4, 0.5) is 26.3 Å². The van der Waals surface area contributed by atoms with Crippen molar-refractivity contribution in [3.05, 3.63) is 41.3 Å². The quantitative estimate of drug-likeness (QED) is 0.683. The van der Waals surface area contributed by atoms with E-state index in [-0.39, 0.29) is 12.0 Å². The maximum atomic E-state index is 13.8. The van der Waals surface area contributed by atoms with Crippen LogP contribution in [0, 0.1) is 17.8 Å². The predicted octanol–water partition coefficient (Wildman–Crippen LogP) is 4.86. The van der Waals surface area contributed by atoms with Gasteiger partial charge in [-0.05, 0) is 56.1 Å². The Labute approximate surface area is 173 Å². The number of amides is 1. The van der Waals surface area contributed by atoms with Crippen molar-refractivity contribution in [2.75, 3.05) is 0 Å². The lowest BCUT2D eigenvalue weighted by atomic mass is 9.84. The molecule has 0 unspecified atom stereocenters. The fourth-order valence-corrected chi connectivity index (χ4v) is 4.94. The van der Waals surface area contributed by atoms with Gasteiger partial charge in [-0.15, -0.1) is 0 Å². The summed E-state index contributed by atoms with van der Waals surface area (Å²) in [6, 6.07) is 1.10. The van der Waals surface area contributed by atoms with E-state index < -0.39 is 40.9 Å². The van der Waals surface area contributed by atoms with Crippen molar-refractivity contribution in [1.82, 2.24) is 20.1 Å². The summed E-state index contributed by atoms with van der Waals surface area (Å²) in [6.07, 6.45) is -4.18. The van der Waals surface area contributed by atoms with Gasteiger partial charge in [-0.2, -0.15) is 31.4 Å². The molecule has 2 fully saturated rings. The van der Waals surface area contributed by atoms with E-state index in [1.807, 2.05) is 0 Å². The number of hydrogen-bond donors (Lipinski definition) is 1. The van der Waals surface area contributed by atoms with Crippen LogP contribution in [0.15, 0.2) is 24.5 Å². The summed E-state index contributed by atoms with van der Waals surface area (Å²) in [5.74, 6) is -0.0695. The van der Waals surface area contributed by atoms with Gasteiger partial charge in [0.25, 0.3) is 5.91 Å². The second-order valence-electron chi connectivity index (χ2n) is 8.32. The molecule has 2 bridgehead atoms. The average Bonchev–Trinajstić information content (AvgIpc) is 3.41. The molecule has 2 aliphatic carbocycles. The molecule has 0 saturated heterocycles. The minimum atomic E-state index is -4.97. The number of pyridine rings is 1. The Morgan fingerprint density at radius 2 is 1.84 bits per heavy atom. The number of aromatic nitrogens is 3. The highest BCUT2D eigenvalue weighted by atomic mass is 19.4. The van der Waals surface area contributed by atoms with Gasteiger partial charge in [0.15, 0.2) is 11.5 Å². The Morgan fingerprint density at radius 1 is 1.10 bits per heavy atom. The second-order valence-corrected chi connectivity index (χ2v) is 8.32. The molecule has 0 spiro atoms. The first kappa shape index (κ1) is 21.6. The molecule has 4 atom stereocenters. The molecule has 1 N–H and O–H groups in total. The van der Waals surface area contributed by atoms with Gasteiger partial charge in [0.05, 0.1) is 17.3 Å². The van der Waals surface area contributed by atoms with Crippen LogP contribution < -0.4 is 5.32 Å². The largest absolute Gasteiger partial charge is 0.434 e. The first-order chi connectivity index (χ1) is 14.4. The van der Waals surface area contributed by atoms with Crippen molar-refractivity contribution >= 4 is 5.91 Å². The molecule has 1 amide bonds. The number of alkyl halides is 6. The van der Waals surface area contributed by atoms with E-state index in [0.29, 0.717) is 28.8 Å². The monoisotopic (exact) mass is 446 g/mol. The van der Waals surface area contributed by atoms with Crippen LogP contribution in [0.5, 0.6) is 0 Å². The molecule has 2 heterocycles. The van der Waals surface area contributed by atoms with Crippen molar-refractivity contribution in [2.24, 2.45) is 17.8 Å². The number of halogens is 6.